The molecular weight excluding hydrogens is 366 g/mol. The van der Waals surface area contributed by atoms with Crippen LogP contribution in [-0.4, -0.2) is 48.0 Å². The molecular formula is C20H29NO7. The maximum atomic E-state index is 11.8. The van der Waals surface area contributed by atoms with Gasteiger partial charge in [-0.2, -0.15) is 0 Å². The number of hydrogen-bond donors (Lipinski definition) is 2. The molecule has 156 valence electrons. The van der Waals surface area contributed by atoms with Crippen LogP contribution in [0.1, 0.15) is 46.1 Å². The number of hydrogen-bond acceptors (Lipinski definition) is 6. The van der Waals surface area contributed by atoms with E-state index in [-0.39, 0.29) is 12.4 Å². The van der Waals surface area contributed by atoms with Crippen molar-refractivity contribution in [2.45, 2.75) is 58.6 Å². The first-order valence-electron chi connectivity index (χ1n) is 9.20. The number of carboxylic acid groups (broad SMARTS) is 1. The van der Waals surface area contributed by atoms with E-state index in [1.807, 2.05) is 0 Å². The van der Waals surface area contributed by atoms with Crippen molar-refractivity contribution >= 4 is 18.0 Å². The lowest BCUT2D eigenvalue weighted by atomic mass is 10.1. The Labute approximate surface area is 165 Å². The van der Waals surface area contributed by atoms with Crippen molar-refractivity contribution in [1.82, 2.24) is 5.32 Å². The van der Waals surface area contributed by atoms with Gasteiger partial charge in [-0.1, -0.05) is 12.1 Å². The Morgan fingerprint density at radius 2 is 1.79 bits per heavy atom. The average Bonchev–Trinajstić information content (AvgIpc) is 2.58. The summed E-state index contributed by atoms with van der Waals surface area (Å²) in [5.41, 5.74) is 0.0155. The van der Waals surface area contributed by atoms with Crippen LogP contribution in [-0.2, 0) is 25.5 Å². The van der Waals surface area contributed by atoms with Gasteiger partial charge in [0, 0.05) is 12.8 Å². The summed E-state index contributed by atoms with van der Waals surface area (Å²) in [7, 11) is 0. The smallest absolute Gasteiger partial charge is 0.408 e. The molecule has 1 aromatic carbocycles. The van der Waals surface area contributed by atoms with Crippen LogP contribution in [0.3, 0.4) is 0 Å². The second-order valence-corrected chi connectivity index (χ2v) is 7.14. The van der Waals surface area contributed by atoms with Crippen LogP contribution in [0.15, 0.2) is 24.3 Å². The van der Waals surface area contributed by atoms with Gasteiger partial charge >= 0.3 is 18.0 Å². The summed E-state index contributed by atoms with van der Waals surface area (Å²) in [6, 6.07) is 5.78. The molecule has 8 nitrogen and oxygen atoms in total. The van der Waals surface area contributed by atoms with Gasteiger partial charge in [0.05, 0.1) is 13.2 Å². The van der Waals surface area contributed by atoms with E-state index < -0.39 is 23.7 Å². The van der Waals surface area contributed by atoms with Gasteiger partial charge < -0.3 is 24.6 Å². The maximum absolute atomic E-state index is 11.8. The van der Waals surface area contributed by atoms with Crippen molar-refractivity contribution in [3.05, 3.63) is 29.8 Å². The molecule has 1 rings (SSSR count). The lowest BCUT2D eigenvalue weighted by Crippen LogP contribution is -2.44. The number of nitrogens with one attached hydrogen (secondary N) is 1. The molecule has 0 radical (unpaired) electrons. The predicted octanol–water partition coefficient (Wildman–Crippen LogP) is 2.93. The monoisotopic (exact) mass is 395 g/mol. The lowest BCUT2D eigenvalue weighted by Gasteiger charge is -2.22. The molecule has 0 aliphatic carbocycles. The second kappa shape index (κ2) is 11.2. The van der Waals surface area contributed by atoms with Crippen molar-refractivity contribution in [2.24, 2.45) is 0 Å². The molecule has 1 atom stereocenters. The Morgan fingerprint density at radius 3 is 2.32 bits per heavy atom. The fraction of sp³-hybridized carbons (Fsp3) is 0.550. The van der Waals surface area contributed by atoms with E-state index in [1.54, 1.807) is 52.0 Å². The van der Waals surface area contributed by atoms with Crippen molar-refractivity contribution in [1.29, 1.82) is 0 Å². The molecule has 0 aliphatic rings. The molecule has 0 spiro atoms. The van der Waals surface area contributed by atoms with E-state index in [2.05, 4.69) is 5.32 Å². The van der Waals surface area contributed by atoms with Gasteiger partial charge in [-0.25, -0.2) is 9.59 Å². The van der Waals surface area contributed by atoms with Gasteiger partial charge in [-0.15, -0.1) is 0 Å². The number of alkyl carbamates (subject to hydrolysis) is 1. The highest BCUT2D eigenvalue weighted by atomic mass is 16.6. The Balaban J connectivity index is 2.51. The van der Waals surface area contributed by atoms with Gasteiger partial charge in [0.2, 0.25) is 0 Å². The first-order valence-corrected chi connectivity index (χ1v) is 9.20. The topological polar surface area (TPSA) is 111 Å². The van der Waals surface area contributed by atoms with Gasteiger partial charge in [-0.05, 0) is 51.8 Å². The summed E-state index contributed by atoms with van der Waals surface area (Å²) in [4.78, 5) is 34.5. The van der Waals surface area contributed by atoms with Crippen molar-refractivity contribution in [2.75, 3.05) is 13.2 Å². The highest BCUT2D eigenvalue weighted by Gasteiger charge is 2.24. The molecule has 2 N–H and O–H groups in total. The number of esters is 1. The van der Waals surface area contributed by atoms with Crippen molar-refractivity contribution < 1.29 is 33.7 Å². The van der Waals surface area contributed by atoms with E-state index in [1.165, 1.54) is 0 Å². The van der Waals surface area contributed by atoms with E-state index in [0.717, 1.165) is 5.56 Å². The molecule has 1 amide bonds. The summed E-state index contributed by atoms with van der Waals surface area (Å²) in [5, 5.41) is 11.7. The molecule has 0 aliphatic heterocycles. The predicted molar refractivity (Wildman–Crippen MR) is 102 cm³/mol. The van der Waals surface area contributed by atoms with Crippen LogP contribution in [0.2, 0.25) is 0 Å². The standard InChI is InChI=1S/C20H29NO7/c1-5-26-17(22)7-6-12-27-15-10-8-14(9-11-15)13-16(18(23)24)21-19(25)28-20(2,3)4/h8-11,16H,5-7,12-13H2,1-4H3,(H,21,25)(H,23,24). The Morgan fingerprint density at radius 1 is 1.14 bits per heavy atom. The maximum Gasteiger partial charge on any atom is 0.408 e. The molecule has 1 unspecified atom stereocenters. The molecule has 0 saturated carbocycles. The third-order valence-corrected chi connectivity index (χ3v) is 3.45. The number of amides is 1. The van der Waals surface area contributed by atoms with Gasteiger partial charge in [0.25, 0.3) is 0 Å². The first-order chi connectivity index (χ1) is 13.1. The molecule has 0 fully saturated rings. The molecule has 28 heavy (non-hydrogen) atoms. The summed E-state index contributed by atoms with van der Waals surface area (Å²) in [6.07, 6.45) is 0.170. The zero-order valence-electron chi connectivity index (χ0n) is 16.8. The van der Waals surface area contributed by atoms with Crippen LogP contribution in [0.25, 0.3) is 0 Å². The molecule has 0 heterocycles. The first kappa shape index (κ1) is 23.3. The van der Waals surface area contributed by atoms with Crippen molar-refractivity contribution in [3.8, 4) is 5.75 Å². The van der Waals surface area contributed by atoms with Crippen LogP contribution in [0, 0.1) is 0 Å². The Hall–Kier alpha value is -2.77. The lowest BCUT2D eigenvalue weighted by molar-refractivity contribution is -0.143. The van der Waals surface area contributed by atoms with Gasteiger partial charge in [-0.3, -0.25) is 4.79 Å². The highest BCUT2D eigenvalue weighted by Crippen LogP contribution is 2.15. The van der Waals surface area contributed by atoms with E-state index in [0.29, 0.717) is 31.8 Å². The number of carbonyl (C=O) groups excluding carboxylic acids is 2. The van der Waals surface area contributed by atoms with Crippen LogP contribution in [0.5, 0.6) is 5.75 Å². The summed E-state index contributed by atoms with van der Waals surface area (Å²) in [6.45, 7) is 7.60. The molecule has 1 aromatic rings. The SMILES string of the molecule is CCOC(=O)CCCOc1ccc(CC(NC(=O)OC(C)(C)C)C(=O)O)cc1. The number of carboxylic acids is 1. The normalized spacial score (nSPS) is 12.0. The number of rotatable bonds is 10. The number of aliphatic carboxylic acids is 1. The second-order valence-electron chi connectivity index (χ2n) is 7.14. The third kappa shape index (κ3) is 9.80. The van der Waals surface area contributed by atoms with Crippen LogP contribution < -0.4 is 10.1 Å². The molecule has 8 heteroatoms. The summed E-state index contributed by atoms with van der Waals surface area (Å²) >= 11 is 0. The van der Waals surface area contributed by atoms with Gasteiger partial charge in [0.1, 0.15) is 17.4 Å². The zero-order valence-corrected chi connectivity index (χ0v) is 16.8. The minimum Gasteiger partial charge on any atom is -0.494 e. The molecule has 0 bridgehead atoms. The summed E-state index contributed by atoms with van der Waals surface area (Å²) in [5.74, 6) is -0.789. The average molecular weight is 395 g/mol. The number of ether oxygens (including phenoxy) is 3. The van der Waals surface area contributed by atoms with Gasteiger partial charge in [0.15, 0.2) is 0 Å². The van der Waals surface area contributed by atoms with Crippen LogP contribution >= 0.6 is 0 Å². The van der Waals surface area contributed by atoms with E-state index >= 15 is 0 Å². The highest BCUT2D eigenvalue weighted by molar-refractivity contribution is 5.80. The van der Waals surface area contributed by atoms with Crippen LogP contribution in [0.4, 0.5) is 4.79 Å². The van der Waals surface area contributed by atoms with Crippen molar-refractivity contribution in [3.63, 3.8) is 0 Å². The minimum absolute atomic E-state index is 0.109. The van der Waals surface area contributed by atoms with E-state index in [9.17, 15) is 19.5 Å². The largest absolute Gasteiger partial charge is 0.494 e. The van der Waals surface area contributed by atoms with E-state index in [4.69, 9.17) is 14.2 Å². The minimum atomic E-state index is -1.15. The molecule has 0 aromatic heterocycles. The fourth-order valence-corrected chi connectivity index (χ4v) is 2.25. The number of carbonyl (C=O) groups is 3. The summed E-state index contributed by atoms with van der Waals surface area (Å²) < 4.78 is 15.5. The zero-order chi connectivity index (χ0) is 21.2. The number of benzene rings is 1. The quantitative estimate of drug-likeness (QED) is 0.463. The Kier molecular flexibility index (Phi) is 9.27. The molecule has 0 saturated heterocycles. The Bertz CT molecular complexity index is 650. The third-order valence-electron chi connectivity index (χ3n) is 3.45. The fourth-order valence-electron chi connectivity index (χ4n) is 2.25.